The number of aromatic nitrogens is 2. The maximum Gasteiger partial charge on any atom is 0.258 e. The molecule has 1 saturated carbocycles. The predicted molar refractivity (Wildman–Crippen MR) is 111 cm³/mol. The number of anilines is 1. The minimum absolute atomic E-state index is 0.00146. The second-order valence-corrected chi connectivity index (χ2v) is 7.90. The zero-order valence-electron chi connectivity index (χ0n) is 16.7. The van der Waals surface area contributed by atoms with Gasteiger partial charge >= 0.3 is 0 Å². The first-order valence-electron chi connectivity index (χ1n) is 10.7. The first-order valence-corrected chi connectivity index (χ1v) is 10.7. The summed E-state index contributed by atoms with van der Waals surface area (Å²) in [6.07, 6.45) is 7.89. The highest BCUT2D eigenvalue weighted by Crippen LogP contribution is 2.31. The molecule has 2 aliphatic rings. The molecule has 2 fully saturated rings. The number of para-hydroxylation sites is 2. The molecule has 28 heavy (non-hydrogen) atoms. The lowest BCUT2D eigenvalue weighted by atomic mass is 9.93. The molecule has 1 aromatic carbocycles. The van der Waals surface area contributed by atoms with Gasteiger partial charge in [0.25, 0.3) is 5.88 Å². The third-order valence-corrected chi connectivity index (χ3v) is 5.85. The summed E-state index contributed by atoms with van der Waals surface area (Å²) < 4.78 is 5.80. The summed E-state index contributed by atoms with van der Waals surface area (Å²) >= 11 is 0. The fourth-order valence-electron chi connectivity index (χ4n) is 4.36. The molecule has 2 heterocycles. The van der Waals surface area contributed by atoms with Crippen LogP contribution in [0.3, 0.4) is 0 Å². The number of rotatable bonds is 5. The van der Waals surface area contributed by atoms with E-state index in [0.29, 0.717) is 25.1 Å². The standard InChI is InChI=1S/C22H30N4O2/c1-2-28-22-20(24-18-12-6-7-13-19(18)25-22)26-14-8-9-16(15-26)21(27)23-17-10-4-3-5-11-17/h6-7,12-13,16-17H,2-5,8-11,14-15H2,1H3,(H,23,27)/t16-/m0/s1. The van der Waals surface area contributed by atoms with Gasteiger partial charge in [0, 0.05) is 19.1 Å². The van der Waals surface area contributed by atoms with Crippen LogP contribution in [0, 0.1) is 5.92 Å². The summed E-state index contributed by atoms with van der Waals surface area (Å²) in [4.78, 5) is 24.6. The van der Waals surface area contributed by atoms with E-state index in [4.69, 9.17) is 9.72 Å². The van der Waals surface area contributed by atoms with Crippen LogP contribution in [0.2, 0.25) is 0 Å². The second-order valence-electron chi connectivity index (χ2n) is 7.90. The molecule has 1 amide bonds. The van der Waals surface area contributed by atoms with Crippen LogP contribution in [-0.2, 0) is 4.79 Å². The van der Waals surface area contributed by atoms with Crippen molar-refractivity contribution >= 4 is 22.8 Å². The van der Waals surface area contributed by atoms with Crippen molar-refractivity contribution in [2.24, 2.45) is 5.92 Å². The number of nitrogens with one attached hydrogen (secondary N) is 1. The van der Waals surface area contributed by atoms with Crippen molar-refractivity contribution < 1.29 is 9.53 Å². The molecule has 1 aliphatic carbocycles. The fraction of sp³-hybridized carbons (Fsp3) is 0.591. The zero-order chi connectivity index (χ0) is 19.3. The van der Waals surface area contributed by atoms with Crippen molar-refractivity contribution in [2.45, 2.75) is 57.9 Å². The van der Waals surface area contributed by atoms with E-state index in [1.807, 2.05) is 31.2 Å². The van der Waals surface area contributed by atoms with Crippen molar-refractivity contribution in [1.82, 2.24) is 15.3 Å². The van der Waals surface area contributed by atoms with E-state index in [9.17, 15) is 4.79 Å². The van der Waals surface area contributed by atoms with Gasteiger partial charge < -0.3 is 15.0 Å². The number of benzene rings is 1. The van der Waals surface area contributed by atoms with Crippen LogP contribution in [0.5, 0.6) is 5.88 Å². The Morgan fingerprint density at radius 2 is 1.86 bits per heavy atom. The van der Waals surface area contributed by atoms with Gasteiger partial charge in [-0.2, -0.15) is 0 Å². The molecular formula is C22H30N4O2. The molecule has 0 unspecified atom stereocenters. The van der Waals surface area contributed by atoms with Gasteiger partial charge in [-0.15, -0.1) is 0 Å². The first kappa shape index (κ1) is 19.0. The van der Waals surface area contributed by atoms with E-state index in [1.165, 1.54) is 19.3 Å². The van der Waals surface area contributed by atoms with Gasteiger partial charge in [0.1, 0.15) is 0 Å². The molecule has 2 aromatic rings. The van der Waals surface area contributed by atoms with Gasteiger partial charge in [-0.05, 0) is 44.7 Å². The van der Waals surface area contributed by atoms with E-state index < -0.39 is 0 Å². The third-order valence-electron chi connectivity index (χ3n) is 5.85. The van der Waals surface area contributed by atoms with Crippen molar-refractivity contribution in [2.75, 3.05) is 24.6 Å². The Hall–Kier alpha value is -2.37. The molecule has 0 radical (unpaired) electrons. The maximum absolute atomic E-state index is 12.9. The van der Waals surface area contributed by atoms with Crippen LogP contribution in [0.15, 0.2) is 24.3 Å². The van der Waals surface area contributed by atoms with Crippen molar-refractivity contribution in [3.05, 3.63) is 24.3 Å². The number of nitrogens with zero attached hydrogens (tertiary/aromatic N) is 3. The highest BCUT2D eigenvalue weighted by atomic mass is 16.5. The molecule has 1 saturated heterocycles. The van der Waals surface area contributed by atoms with Crippen molar-refractivity contribution in [1.29, 1.82) is 0 Å². The number of hydrogen-bond acceptors (Lipinski definition) is 5. The van der Waals surface area contributed by atoms with Gasteiger partial charge in [-0.3, -0.25) is 4.79 Å². The maximum atomic E-state index is 12.9. The van der Waals surface area contributed by atoms with Crippen LogP contribution < -0.4 is 15.0 Å². The Morgan fingerprint density at radius 1 is 1.11 bits per heavy atom. The van der Waals surface area contributed by atoms with Gasteiger partial charge in [-0.25, -0.2) is 9.97 Å². The van der Waals surface area contributed by atoms with Gasteiger partial charge in [-0.1, -0.05) is 31.4 Å². The van der Waals surface area contributed by atoms with Crippen LogP contribution in [0.1, 0.15) is 51.9 Å². The van der Waals surface area contributed by atoms with Crippen LogP contribution in [-0.4, -0.2) is 41.6 Å². The number of ether oxygens (including phenoxy) is 1. The van der Waals surface area contributed by atoms with Gasteiger partial charge in [0.2, 0.25) is 5.91 Å². The Balaban J connectivity index is 1.52. The second kappa shape index (κ2) is 8.76. The van der Waals surface area contributed by atoms with Crippen molar-refractivity contribution in [3.63, 3.8) is 0 Å². The summed E-state index contributed by atoms with van der Waals surface area (Å²) in [7, 11) is 0. The number of carbonyl (C=O) groups excluding carboxylic acids is 1. The predicted octanol–water partition coefficient (Wildman–Crippen LogP) is 3.69. The molecule has 0 bridgehead atoms. The van der Waals surface area contributed by atoms with Gasteiger partial charge in [0.15, 0.2) is 5.82 Å². The molecular weight excluding hydrogens is 352 g/mol. The van der Waals surface area contributed by atoms with Crippen molar-refractivity contribution in [3.8, 4) is 5.88 Å². The molecule has 1 N–H and O–H groups in total. The minimum atomic E-state index is -0.00146. The Bertz CT molecular complexity index is 819. The van der Waals surface area contributed by atoms with Gasteiger partial charge in [0.05, 0.1) is 23.6 Å². The Labute approximate surface area is 166 Å². The van der Waals surface area contributed by atoms with E-state index in [2.05, 4.69) is 15.2 Å². The van der Waals surface area contributed by atoms with E-state index >= 15 is 0 Å². The zero-order valence-corrected chi connectivity index (χ0v) is 16.7. The SMILES string of the molecule is CCOc1nc2ccccc2nc1N1CCC[C@H](C(=O)NC2CCCCC2)C1. The summed E-state index contributed by atoms with van der Waals surface area (Å²) in [5.74, 6) is 1.52. The molecule has 6 nitrogen and oxygen atoms in total. The highest BCUT2D eigenvalue weighted by molar-refractivity contribution is 5.81. The highest BCUT2D eigenvalue weighted by Gasteiger charge is 2.30. The third kappa shape index (κ3) is 4.21. The normalized spacial score (nSPS) is 20.9. The lowest BCUT2D eigenvalue weighted by Gasteiger charge is -2.34. The molecule has 1 aromatic heterocycles. The number of carbonyl (C=O) groups is 1. The molecule has 1 aliphatic heterocycles. The average molecular weight is 383 g/mol. The van der Waals surface area contributed by atoms with E-state index in [-0.39, 0.29) is 11.8 Å². The summed E-state index contributed by atoms with van der Waals surface area (Å²) in [6, 6.07) is 8.21. The Kier molecular flexibility index (Phi) is 5.93. The smallest absolute Gasteiger partial charge is 0.258 e. The fourth-order valence-corrected chi connectivity index (χ4v) is 4.36. The summed E-state index contributed by atoms with van der Waals surface area (Å²) in [5.41, 5.74) is 1.69. The minimum Gasteiger partial charge on any atom is -0.475 e. The quantitative estimate of drug-likeness (QED) is 0.854. The van der Waals surface area contributed by atoms with Crippen LogP contribution in [0.4, 0.5) is 5.82 Å². The first-order chi connectivity index (χ1) is 13.7. The number of fused-ring (bicyclic) bond motifs is 1. The lowest BCUT2D eigenvalue weighted by Crippen LogP contribution is -2.46. The van der Waals surface area contributed by atoms with E-state index in [1.54, 1.807) is 0 Å². The molecule has 4 rings (SSSR count). The number of amides is 1. The van der Waals surface area contributed by atoms with Crippen LogP contribution >= 0.6 is 0 Å². The summed E-state index contributed by atoms with van der Waals surface area (Å²) in [6.45, 7) is 4.04. The lowest BCUT2D eigenvalue weighted by molar-refractivity contribution is -0.126. The summed E-state index contributed by atoms with van der Waals surface area (Å²) in [5, 5.41) is 3.30. The topological polar surface area (TPSA) is 67.4 Å². The largest absolute Gasteiger partial charge is 0.475 e. The number of hydrogen-bond donors (Lipinski definition) is 1. The van der Waals surface area contributed by atoms with E-state index in [0.717, 1.165) is 49.1 Å². The molecule has 6 heteroatoms. The number of piperidine rings is 1. The average Bonchev–Trinajstić information content (AvgIpc) is 2.74. The van der Waals surface area contributed by atoms with Crippen LogP contribution in [0.25, 0.3) is 11.0 Å². The Morgan fingerprint density at radius 3 is 2.61 bits per heavy atom. The molecule has 1 atom stereocenters. The monoisotopic (exact) mass is 382 g/mol. The molecule has 150 valence electrons. The molecule has 0 spiro atoms.